The molecule has 0 bridgehead atoms. The lowest BCUT2D eigenvalue weighted by Crippen LogP contribution is -1.89. The second-order valence-electron chi connectivity index (χ2n) is 5.02. The van der Waals surface area contributed by atoms with Gasteiger partial charge in [-0.3, -0.25) is 9.98 Å². The van der Waals surface area contributed by atoms with Crippen molar-refractivity contribution < 1.29 is 19.8 Å². The van der Waals surface area contributed by atoms with Crippen LogP contribution in [0, 0.1) is 0 Å². The molecule has 2 aromatic heterocycles. The molecule has 0 atom stereocenters. The van der Waals surface area contributed by atoms with E-state index in [1.807, 2.05) is 12.1 Å². The molecule has 2 N–H and O–H groups in total. The summed E-state index contributed by atoms with van der Waals surface area (Å²) in [5, 5.41) is 17.9. The SMILES string of the molecule is O=C(O)c1ccc(C=Nc2ccccc2N=Cc2ccc(C(=O)O)s2)s1. The van der Waals surface area contributed by atoms with Crippen LogP contribution in [-0.2, 0) is 0 Å². The van der Waals surface area contributed by atoms with Gasteiger partial charge in [-0.25, -0.2) is 9.59 Å². The van der Waals surface area contributed by atoms with Crippen LogP contribution in [0.25, 0.3) is 0 Å². The highest BCUT2D eigenvalue weighted by Gasteiger charge is 2.07. The van der Waals surface area contributed by atoms with Gasteiger partial charge < -0.3 is 10.2 Å². The van der Waals surface area contributed by atoms with Gasteiger partial charge in [0.1, 0.15) is 9.75 Å². The molecule has 130 valence electrons. The minimum absolute atomic E-state index is 0.254. The number of hydrogen-bond acceptors (Lipinski definition) is 6. The van der Waals surface area contributed by atoms with E-state index in [0.717, 1.165) is 32.4 Å². The molecule has 3 aromatic rings. The maximum atomic E-state index is 10.9. The second kappa shape index (κ2) is 7.85. The van der Waals surface area contributed by atoms with Gasteiger partial charge in [0.2, 0.25) is 0 Å². The summed E-state index contributed by atoms with van der Waals surface area (Å²) >= 11 is 2.28. The summed E-state index contributed by atoms with van der Waals surface area (Å²) in [6.07, 6.45) is 3.19. The fourth-order valence-corrected chi connectivity index (χ4v) is 3.46. The molecule has 26 heavy (non-hydrogen) atoms. The van der Waals surface area contributed by atoms with Gasteiger partial charge in [0.15, 0.2) is 0 Å². The van der Waals surface area contributed by atoms with Crippen LogP contribution in [0.2, 0.25) is 0 Å². The highest BCUT2D eigenvalue weighted by atomic mass is 32.1. The van der Waals surface area contributed by atoms with E-state index in [1.165, 1.54) is 12.1 Å². The van der Waals surface area contributed by atoms with Crippen LogP contribution in [0.1, 0.15) is 29.1 Å². The van der Waals surface area contributed by atoms with Gasteiger partial charge in [0.05, 0.1) is 11.4 Å². The summed E-state index contributed by atoms with van der Waals surface area (Å²) in [5.74, 6) is -1.92. The predicted octanol–water partition coefficient (Wildman–Crippen LogP) is 4.71. The molecule has 0 aliphatic rings. The minimum Gasteiger partial charge on any atom is -0.477 e. The number of carboxylic acid groups (broad SMARTS) is 2. The van der Waals surface area contributed by atoms with Crippen LogP contribution >= 0.6 is 22.7 Å². The van der Waals surface area contributed by atoms with Crippen LogP contribution in [0.3, 0.4) is 0 Å². The molecular formula is C18H12N2O4S2. The molecule has 1 aromatic carbocycles. The Kier molecular flexibility index (Phi) is 5.35. The van der Waals surface area contributed by atoms with Crippen molar-refractivity contribution in [2.24, 2.45) is 9.98 Å². The van der Waals surface area contributed by atoms with E-state index < -0.39 is 11.9 Å². The Morgan fingerprint density at radius 3 is 1.50 bits per heavy atom. The van der Waals surface area contributed by atoms with Crippen LogP contribution in [-0.4, -0.2) is 34.6 Å². The lowest BCUT2D eigenvalue weighted by molar-refractivity contribution is 0.0691. The van der Waals surface area contributed by atoms with Crippen molar-refractivity contribution in [1.82, 2.24) is 0 Å². The Balaban J connectivity index is 1.80. The van der Waals surface area contributed by atoms with Crippen molar-refractivity contribution in [3.05, 3.63) is 68.0 Å². The highest BCUT2D eigenvalue weighted by Crippen LogP contribution is 2.28. The van der Waals surface area contributed by atoms with Gasteiger partial charge in [-0.2, -0.15) is 0 Å². The normalized spacial score (nSPS) is 11.4. The third-order valence-corrected chi connectivity index (χ3v) is 5.23. The lowest BCUT2D eigenvalue weighted by atomic mass is 10.3. The molecule has 0 saturated heterocycles. The Morgan fingerprint density at radius 2 is 1.15 bits per heavy atom. The zero-order valence-corrected chi connectivity index (χ0v) is 14.8. The molecule has 6 nitrogen and oxygen atoms in total. The van der Waals surface area contributed by atoms with E-state index >= 15 is 0 Å². The Hall–Kier alpha value is -3.10. The number of thiophene rings is 2. The topological polar surface area (TPSA) is 99.3 Å². The summed E-state index contributed by atoms with van der Waals surface area (Å²) in [7, 11) is 0. The molecule has 0 unspecified atom stereocenters. The molecule has 0 aliphatic carbocycles. The van der Waals surface area contributed by atoms with E-state index in [4.69, 9.17) is 10.2 Å². The first kappa shape index (κ1) is 17.7. The molecule has 0 fully saturated rings. The van der Waals surface area contributed by atoms with Gasteiger partial charge in [0.25, 0.3) is 0 Å². The number of benzene rings is 1. The zero-order chi connectivity index (χ0) is 18.5. The minimum atomic E-state index is -0.962. The third-order valence-electron chi connectivity index (χ3n) is 3.22. The number of rotatable bonds is 6. The quantitative estimate of drug-likeness (QED) is 0.601. The van der Waals surface area contributed by atoms with Gasteiger partial charge in [-0.1, -0.05) is 12.1 Å². The molecule has 2 heterocycles. The molecule has 0 amide bonds. The summed E-state index contributed by atoms with van der Waals surface area (Å²) in [4.78, 5) is 32.6. The van der Waals surface area contributed by atoms with E-state index in [9.17, 15) is 9.59 Å². The maximum absolute atomic E-state index is 10.9. The molecule has 0 aliphatic heterocycles. The highest BCUT2D eigenvalue weighted by molar-refractivity contribution is 7.15. The fraction of sp³-hybridized carbons (Fsp3) is 0. The summed E-state index contributed by atoms with van der Waals surface area (Å²) in [6.45, 7) is 0. The zero-order valence-electron chi connectivity index (χ0n) is 13.2. The van der Waals surface area contributed by atoms with Crippen LogP contribution in [0.15, 0.2) is 58.5 Å². The van der Waals surface area contributed by atoms with E-state index in [0.29, 0.717) is 11.4 Å². The van der Waals surface area contributed by atoms with E-state index in [2.05, 4.69) is 9.98 Å². The van der Waals surface area contributed by atoms with Crippen LogP contribution < -0.4 is 0 Å². The van der Waals surface area contributed by atoms with Gasteiger partial charge >= 0.3 is 11.9 Å². The van der Waals surface area contributed by atoms with Crippen LogP contribution in [0.4, 0.5) is 11.4 Å². The third kappa shape index (κ3) is 4.29. The maximum Gasteiger partial charge on any atom is 0.345 e. The number of nitrogens with zero attached hydrogens (tertiary/aromatic N) is 2. The van der Waals surface area contributed by atoms with Crippen molar-refractivity contribution in [2.75, 3.05) is 0 Å². The predicted molar refractivity (Wildman–Crippen MR) is 104 cm³/mol. The van der Waals surface area contributed by atoms with Gasteiger partial charge in [0, 0.05) is 22.2 Å². The van der Waals surface area contributed by atoms with Crippen molar-refractivity contribution in [3.63, 3.8) is 0 Å². The fourth-order valence-electron chi connectivity index (χ4n) is 2.02. The molecule has 3 rings (SSSR count). The number of carboxylic acids is 2. The summed E-state index contributed by atoms with van der Waals surface area (Å²) in [6, 6.07) is 13.7. The Labute approximate surface area is 156 Å². The number of aliphatic imine (C=N–C) groups is 2. The molecule has 0 radical (unpaired) electrons. The Morgan fingerprint density at radius 1 is 0.731 bits per heavy atom. The van der Waals surface area contributed by atoms with Crippen molar-refractivity contribution in [3.8, 4) is 0 Å². The van der Waals surface area contributed by atoms with E-state index in [-0.39, 0.29) is 9.75 Å². The average Bonchev–Trinajstić information content (AvgIpc) is 3.28. The second-order valence-corrected chi connectivity index (χ2v) is 7.25. The molecular weight excluding hydrogens is 372 g/mol. The number of aromatic carboxylic acids is 2. The Bertz CT molecular complexity index is 936. The lowest BCUT2D eigenvalue weighted by Gasteiger charge is -1.98. The van der Waals surface area contributed by atoms with Crippen molar-refractivity contribution in [2.45, 2.75) is 0 Å². The largest absolute Gasteiger partial charge is 0.477 e. The monoisotopic (exact) mass is 384 g/mol. The van der Waals surface area contributed by atoms with E-state index in [1.54, 1.807) is 36.7 Å². The van der Waals surface area contributed by atoms with Crippen molar-refractivity contribution >= 4 is 58.4 Å². The van der Waals surface area contributed by atoms with Gasteiger partial charge in [-0.15, -0.1) is 22.7 Å². The first-order valence-corrected chi connectivity index (χ1v) is 8.99. The molecule has 0 spiro atoms. The summed E-state index contributed by atoms with van der Waals surface area (Å²) < 4.78 is 0. The molecule has 0 saturated carbocycles. The number of hydrogen-bond donors (Lipinski definition) is 2. The van der Waals surface area contributed by atoms with Crippen molar-refractivity contribution in [1.29, 1.82) is 0 Å². The molecule has 8 heteroatoms. The first-order chi connectivity index (χ1) is 12.5. The van der Waals surface area contributed by atoms with Crippen LogP contribution in [0.5, 0.6) is 0 Å². The number of carbonyl (C=O) groups is 2. The van der Waals surface area contributed by atoms with Gasteiger partial charge in [-0.05, 0) is 36.4 Å². The number of para-hydroxylation sites is 2. The standard InChI is InChI=1S/C18H12N2O4S2/c21-17(22)15-7-5-11(25-15)9-19-13-3-1-2-4-14(13)20-10-12-6-8-16(26-12)18(23)24/h1-10H,(H,21,22)(H,23,24). The average molecular weight is 384 g/mol. The first-order valence-electron chi connectivity index (χ1n) is 7.36. The summed E-state index contributed by atoms with van der Waals surface area (Å²) in [5.41, 5.74) is 1.26. The smallest absolute Gasteiger partial charge is 0.345 e.